The van der Waals surface area contributed by atoms with E-state index in [0.717, 1.165) is 6.54 Å². The smallest absolute Gasteiger partial charge is 0.0977 e. The van der Waals surface area contributed by atoms with Gasteiger partial charge in [0.15, 0.2) is 0 Å². The Morgan fingerprint density at radius 2 is 1.12 bits per heavy atom. The standard InChI is InChI=1S/C23H23NO/c1-18(25)22-17-24(22)23(19-11-5-2-6-12-19,20-13-7-3-8-14-20)21-15-9-4-10-16-21/h2-16,18,22,25H,17H2,1H3/t18?,22-,24?/m0/s1. The third-order valence-electron chi connectivity index (χ3n) is 5.21. The van der Waals surface area contributed by atoms with Gasteiger partial charge in [0.2, 0.25) is 0 Å². The van der Waals surface area contributed by atoms with E-state index >= 15 is 0 Å². The minimum atomic E-state index is -0.383. The molecule has 1 N–H and O–H groups in total. The Bertz CT molecular complexity index is 718. The summed E-state index contributed by atoms with van der Waals surface area (Å²) in [5.74, 6) is 0. The maximum absolute atomic E-state index is 10.2. The summed E-state index contributed by atoms with van der Waals surface area (Å²) in [7, 11) is 0. The fraction of sp³-hybridized carbons (Fsp3) is 0.217. The van der Waals surface area contributed by atoms with Crippen LogP contribution in [-0.4, -0.2) is 28.7 Å². The summed E-state index contributed by atoms with van der Waals surface area (Å²) in [6.45, 7) is 2.77. The Morgan fingerprint density at radius 1 is 0.760 bits per heavy atom. The lowest BCUT2D eigenvalue weighted by Gasteiger charge is -2.38. The lowest BCUT2D eigenvalue weighted by atomic mass is 9.76. The molecule has 3 aromatic carbocycles. The molecule has 3 atom stereocenters. The predicted octanol–water partition coefficient (Wildman–Crippen LogP) is 4.04. The summed E-state index contributed by atoms with van der Waals surface area (Å²) in [6.07, 6.45) is -0.351. The fourth-order valence-corrected chi connectivity index (χ4v) is 3.99. The van der Waals surface area contributed by atoms with Crippen LogP contribution in [0, 0.1) is 0 Å². The summed E-state index contributed by atoms with van der Waals surface area (Å²) < 4.78 is 0. The summed E-state index contributed by atoms with van der Waals surface area (Å²) >= 11 is 0. The first-order valence-electron chi connectivity index (χ1n) is 8.86. The van der Waals surface area contributed by atoms with Gasteiger partial charge in [-0.3, -0.25) is 4.90 Å². The summed E-state index contributed by atoms with van der Waals surface area (Å²) in [5.41, 5.74) is 3.31. The minimum absolute atomic E-state index is 0.167. The van der Waals surface area contributed by atoms with Gasteiger partial charge in [-0.2, -0.15) is 0 Å². The number of aliphatic hydroxyl groups is 1. The fourth-order valence-electron chi connectivity index (χ4n) is 3.99. The van der Waals surface area contributed by atoms with Crippen LogP contribution in [0.3, 0.4) is 0 Å². The van der Waals surface area contributed by atoms with Gasteiger partial charge in [-0.05, 0) is 23.6 Å². The molecular formula is C23H23NO. The van der Waals surface area contributed by atoms with Crippen molar-refractivity contribution in [3.8, 4) is 0 Å². The van der Waals surface area contributed by atoms with Crippen molar-refractivity contribution in [1.29, 1.82) is 0 Å². The molecule has 0 aliphatic carbocycles. The van der Waals surface area contributed by atoms with Crippen LogP contribution >= 0.6 is 0 Å². The highest BCUT2D eigenvalue weighted by Crippen LogP contribution is 2.48. The van der Waals surface area contributed by atoms with Crippen molar-refractivity contribution in [2.24, 2.45) is 0 Å². The van der Waals surface area contributed by atoms with Gasteiger partial charge in [-0.25, -0.2) is 0 Å². The number of nitrogens with zero attached hydrogens (tertiary/aromatic N) is 1. The second-order valence-electron chi connectivity index (χ2n) is 6.77. The average molecular weight is 329 g/mol. The van der Waals surface area contributed by atoms with E-state index in [4.69, 9.17) is 0 Å². The molecule has 0 radical (unpaired) electrons. The van der Waals surface area contributed by atoms with Crippen LogP contribution in [-0.2, 0) is 5.54 Å². The van der Waals surface area contributed by atoms with Crippen molar-refractivity contribution < 1.29 is 5.11 Å². The number of rotatable bonds is 5. The van der Waals surface area contributed by atoms with E-state index in [1.165, 1.54) is 16.7 Å². The second kappa shape index (κ2) is 6.47. The molecule has 25 heavy (non-hydrogen) atoms. The zero-order valence-corrected chi connectivity index (χ0v) is 14.4. The molecule has 0 bridgehead atoms. The van der Waals surface area contributed by atoms with Crippen LogP contribution in [0.15, 0.2) is 91.0 Å². The normalized spacial score (nSPS) is 20.9. The summed E-state index contributed by atoms with van der Waals surface area (Å²) in [6, 6.07) is 32.0. The van der Waals surface area contributed by atoms with Crippen LogP contribution in [0.5, 0.6) is 0 Å². The molecule has 2 unspecified atom stereocenters. The number of aliphatic hydroxyl groups excluding tert-OH is 1. The number of hydrogen-bond acceptors (Lipinski definition) is 2. The minimum Gasteiger partial charge on any atom is -0.392 e. The molecule has 1 heterocycles. The Morgan fingerprint density at radius 3 is 1.40 bits per heavy atom. The monoisotopic (exact) mass is 329 g/mol. The van der Waals surface area contributed by atoms with Crippen LogP contribution < -0.4 is 0 Å². The molecule has 2 nitrogen and oxygen atoms in total. The van der Waals surface area contributed by atoms with Crippen molar-refractivity contribution in [3.05, 3.63) is 108 Å². The van der Waals surface area contributed by atoms with E-state index in [9.17, 15) is 5.11 Å². The van der Waals surface area contributed by atoms with Crippen LogP contribution in [0.1, 0.15) is 23.6 Å². The van der Waals surface area contributed by atoms with Crippen LogP contribution in [0.2, 0.25) is 0 Å². The number of benzene rings is 3. The van der Waals surface area contributed by atoms with Gasteiger partial charge in [-0.1, -0.05) is 91.0 Å². The van der Waals surface area contributed by atoms with Gasteiger partial charge in [0, 0.05) is 12.6 Å². The Labute approximate surface area is 149 Å². The Balaban J connectivity index is 1.99. The highest BCUT2D eigenvalue weighted by Gasteiger charge is 2.54. The van der Waals surface area contributed by atoms with Crippen molar-refractivity contribution in [1.82, 2.24) is 4.90 Å². The van der Waals surface area contributed by atoms with Gasteiger partial charge in [0.05, 0.1) is 11.6 Å². The Hall–Kier alpha value is -2.42. The third-order valence-corrected chi connectivity index (χ3v) is 5.21. The largest absolute Gasteiger partial charge is 0.392 e. The maximum atomic E-state index is 10.2. The summed E-state index contributed by atoms with van der Waals surface area (Å²) in [5, 5.41) is 10.2. The molecule has 0 amide bonds. The van der Waals surface area contributed by atoms with Gasteiger partial charge in [0.1, 0.15) is 0 Å². The van der Waals surface area contributed by atoms with E-state index in [0.29, 0.717) is 0 Å². The Kier molecular flexibility index (Phi) is 4.16. The molecule has 3 aromatic rings. The topological polar surface area (TPSA) is 23.2 Å². The second-order valence-corrected chi connectivity index (χ2v) is 6.77. The quantitative estimate of drug-likeness (QED) is 0.564. The molecule has 0 saturated carbocycles. The predicted molar refractivity (Wildman–Crippen MR) is 101 cm³/mol. The average Bonchev–Trinajstić information content (AvgIpc) is 3.47. The molecule has 126 valence electrons. The molecule has 0 spiro atoms. The third kappa shape index (κ3) is 2.68. The van der Waals surface area contributed by atoms with Crippen molar-refractivity contribution >= 4 is 0 Å². The van der Waals surface area contributed by atoms with Crippen LogP contribution in [0.25, 0.3) is 0 Å². The molecular weight excluding hydrogens is 306 g/mol. The molecule has 0 aromatic heterocycles. The van der Waals surface area contributed by atoms with Gasteiger partial charge < -0.3 is 5.11 Å². The first-order chi connectivity index (χ1) is 12.2. The molecule has 1 aliphatic heterocycles. The molecule has 1 fully saturated rings. The van der Waals surface area contributed by atoms with Crippen molar-refractivity contribution in [3.63, 3.8) is 0 Å². The molecule has 1 saturated heterocycles. The SMILES string of the molecule is CC(O)[C@@H]1CN1C(c1ccccc1)(c1ccccc1)c1ccccc1. The molecule has 4 rings (SSSR count). The molecule has 2 heteroatoms. The first-order valence-corrected chi connectivity index (χ1v) is 8.86. The summed E-state index contributed by atoms with van der Waals surface area (Å²) in [4.78, 5) is 2.41. The van der Waals surface area contributed by atoms with Gasteiger partial charge >= 0.3 is 0 Å². The zero-order chi connectivity index (χ0) is 17.3. The maximum Gasteiger partial charge on any atom is 0.0977 e. The van der Waals surface area contributed by atoms with Crippen LogP contribution in [0.4, 0.5) is 0 Å². The zero-order valence-electron chi connectivity index (χ0n) is 14.4. The highest BCUT2D eigenvalue weighted by molar-refractivity contribution is 5.51. The lowest BCUT2D eigenvalue weighted by molar-refractivity contribution is 0.157. The number of hydrogen-bond donors (Lipinski definition) is 1. The first kappa shape index (κ1) is 16.1. The molecule has 1 aliphatic rings. The van der Waals surface area contributed by atoms with E-state index in [1.54, 1.807) is 0 Å². The van der Waals surface area contributed by atoms with E-state index in [1.807, 2.05) is 6.92 Å². The van der Waals surface area contributed by atoms with Crippen molar-refractivity contribution in [2.45, 2.75) is 24.6 Å². The highest BCUT2D eigenvalue weighted by atomic mass is 16.3. The van der Waals surface area contributed by atoms with Crippen molar-refractivity contribution in [2.75, 3.05) is 6.54 Å². The van der Waals surface area contributed by atoms with E-state index < -0.39 is 0 Å². The van der Waals surface area contributed by atoms with Gasteiger partial charge in [0.25, 0.3) is 0 Å². The van der Waals surface area contributed by atoms with E-state index in [-0.39, 0.29) is 17.7 Å². The van der Waals surface area contributed by atoms with Gasteiger partial charge in [-0.15, -0.1) is 0 Å². The lowest BCUT2D eigenvalue weighted by Crippen LogP contribution is -2.40. The van der Waals surface area contributed by atoms with E-state index in [2.05, 4.69) is 95.9 Å².